The Bertz CT molecular complexity index is 529. The van der Waals surface area contributed by atoms with Gasteiger partial charge in [0.1, 0.15) is 4.21 Å². The van der Waals surface area contributed by atoms with Crippen LogP contribution in [-0.2, 0) is 13.8 Å². The molecule has 4 nitrogen and oxygen atoms in total. The summed E-state index contributed by atoms with van der Waals surface area (Å²) in [5, 5.41) is 1.45. The first-order valence-electron chi connectivity index (χ1n) is 5.67. The zero-order valence-corrected chi connectivity index (χ0v) is 12.0. The van der Waals surface area contributed by atoms with Crippen molar-refractivity contribution in [2.24, 2.45) is 5.92 Å². The van der Waals surface area contributed by atoms with E-state index in [1.54, 1.807) is 0 Å². The fourth-order valence-electron chi connectivity index (χ4n) is 2.01. The number of carbonyl (C=O) groups excluding carboxylic acids is 1. The standard InChI is InChI=1S/C11H13ClO4S2/c12-18(14,15)10-5-9(7-17-10)11(13)16-6-8-3-1-2-4-8/h5,7-8H,1-4,6H2. The quantitative estimate of drug-likeness (QED) is 0.633. The molecule has 1 aromatic heterocycles. The van der Waals surface area contributed by atoms with Crippen molar-refractivity contribution in [2.45, 2.75) is 29.9 Å². The highest BCUT2D eigenvalue weighted by molar-refractivity contribution is 8.15. The van der Waals surface area contributed by atoms with Gasteiger partial charge in [0.25, 0.3) is 9.05 Å². The highest BCUT2D eigenvalue weighted by Gasteiger charge is 2.20. The maximum atomic E-state index is 11.7. The summed E-state index contributed by atoms with van der Waals surface area (Å²) >= 11 is 0.922. The van der Waals surface area contributed by atoms with E-state index >= 15 is 0 Å². The zero-order chi connectivity index (χ0) is 13.2. The lowest BCUT2D eigenvalue weighted by molar-refractivity contribution is 0.0443. The predicted molar refractivity (Wildman–Crippen MR) is 69.6 cm³/mol. The lowest BCUT2D eigenvalue weighted by Crippen LogP contribution is -2.11. The van der Waals surface area contributed by atoms with Crippen molar-refractivity contribution in [3.8, 4) is 0 Å². The van der Waals surface area contributed by atoms with Gasteiger partial charge < -0.3 is 4.74 Å². The third kappa shape index (κ3) is 3.46. The monoisotopic (exact) mass is 308 g/mol. The van der Waals surface area contributed by atoms with Gasteiger partial charge in [0.2, 0.25) is 0 Å². The van der Waals surface area contributed by atoms with Crippen LogP contribution in [-0.4, -0.2) is 21.0 Å². The fourth-order valence-corrected chi connectivity index (χ4v) is 3.94. The molecular formula is C11H13ClO4S2. The average Bonchev–Trinajstić information content (AvgIpc) is 2.96. The number of carbonyl (C=O) groups is 1. The zero-order valence-electron chi connectivity index (χ0n) is 9.60. The van der Waals surface area contributed by atoms with Crippen LogP contribution < -0.4 is 0 Å². The maximum absolute atomic E-state index is 11.7. The molecule has 0 radical (unpaired) electrons. The Morgan fingerprint density at radius 3 is 2.67 bits per heavy atom. The highest BCUT2D eigenvalue weighted by Crippen LogP contribution is 2.26. The number of halogens is 1. The summed E-state index contributed by atoms with van der Waals surface area (Å²) in [6, 6.07) is 1.25. The molecule has 0 atom stereocenters. The Morgan fingerprint density at radius 1 is 1.44 bits per heavy atom. The number of hydrogen-bond acceptors (Lipinski definition) is 5. The molecule has 100 valence electrons. The summed E-state index contributed by atoms with van der Waals surface area (Å²) in [6.07, 6.45) is 4.57. The second kappa shape index (κ2) is 5.59. The van der Waals surface area contributed by atoms with Gasteiger partial charge in [-0.3, -0.25) is 0 Å². The Hall–Kier alpha value is -0.590. The van der Waals surface area contributed by atoms with Crippen LogP contribution in [0.5, 0.6) is 0 Å². The van der Waals surface area contributed by atoms with Gasteiger partial charge in [-0.15, -0.1) is 11.3 Å². The van der Waals surface area contributed by atoms with Crippen LogP contribution >= 0.6 is 22.0 Å². The van der Waals surface area contributed by atoms with E-state index in [4.69, 9.17) is 15.4 Å². The third-order valence-corrected chi connectivity index (χ3v) is 6.02. The van der Waals surface area contributed by atoms with Gasteiger partial charge in [-0.05, 0) is 24.8 Å². The summed E-state index contributed by atoms with van der Waals surface area (Å²) < 4.78 is 27.3. The third-order valence-electron chi connectivity index (χ3n) is 2.98. The van der Waals surface area contributed by atoms with Crippen molar-refractivity contribution < 1.29 is 17.9 Å². The molecule has 1 aromatic rings. The molecule has 0 saturated heterocycles. The van der Waals surface area contributed by atoms with Gasteiger partial charge in [-0.1, -0.05) is 12.8 Å². The van der Waals surface area contributed by atoms with E-state index in [0.29, 0.717) is 12.5 Å². The molecule has 2 rings (SSSR count). The lowest BCUT2D eigenvalue weighted by Gasteiger charge is -2.08. The summed E-state index contributed by atoms with van der Waals surface area (Å²) in [6.45, 7) is 0.414. The van der Waals surface area contributed by atoms with Crippen molar-refractivity contribution >= 4 is 37.0 Å². The number of esters is 1. The predicted octanol–water partition coefficient (Wildman–Crippen LogP) is 3.02. The summed E-state index contributed by atoms with van der Waals surface area (Å²) in [4.78, 5) is 11.7. The van der Waals surface area contributed by atoms with E-state index in [1.165, 1.54) is 24.3 Å². The van der Waals surface area contributed by atoms with Gasteiger partial charge in [0.15, 0.2) is 0 Å². The lowest BCUT2D eigenvalue weighted by atomic mass is 10.1. The fraction of sp³-hybridized carbons (Fsp3) is 0.545. The molecule has 1 heterocycles. The van der Waals surface area contributed by atoms with Gasteiger partial charge >= 0.3 is 5.97 Å². The average molecular weight is 309 g/mol. The number of ether oxygens (including phenoxy) is 1. The van der Waals surface area contributed by atoms with Gasteiger partial charge in [-0.2, -0.15) is 0 Å². The van der Waals surface area contributed by atoms with Crippen LogP contribution in [0.3, 0.4) is 0 Å². The molecule has 1 aliphatic carbocycles. The van der Waals surface area contributed by atoms with Crippen LogP contribution in [0.2, 0.25) is 0 Å². The molecule has 0 amide bonds. The smallest absolute Gasteiger partial charge is 0.339 e. The number of rotatable bonds is 4. The van der Waals surface area contributed by atoms with E-state index in [-0.39, 0.29) is 9.77 Å². The van der Waals surface area contributed by atoms with Gasteiger partial charge in [-0.25, -0.2) is 13.2 Å². The van der Waals surface area contributed by atoms with E-state index in [9.17, 15) is 13.2 Å². The van der Waals surface area contributed by atoms with E-state index in [1.807, 2.05) is 0 Å². The Morgan fingerprint density at radius 2 is 2.11 bits per heavy atom. The summed E-state index contributed by atoms with van der Waals surface area (Å²) in [5.74, 6) is -0.0338. The second-order valence-corrected chi connectivity index (χ2v) is 8.05. The number of hydrogen-bond donors (Lipinski definition) is 0. The van der Waals surface area contributed by atoms with Crippen LogP contribution in [0.25, 0.3) is 0 Å². The van der Waals surface area contributed by atoms with Crippen molar-refractivity contribution in [3.05, 3.63) is 17.0 Å². The highest BCUT2D eigenvalue weighted by atomic mass is 35.7. The Labute approximate surface area is 114 Å². The van der Waals surface area contributed by atoms with Crippen LogP contribution in [0.4, 0.5) is 0 Å². The first-order chi connectivity index (χ1) is 8.47. The minimum Gasteiger partial charge on any atom is -0.462 e. The molecule has 0 N–H and O–H groups in total. The van der Waals surface area contributed by atoms with Crippen LogP contribution in [0, 0.1) is 5.92 Å². The van der Waals surface area contributed by atoms with E-state index in [0.717, 1.165) is 24.2 Å². The van der Waals surface area contributed by atoms with Gasteiger partial charge in [0.05, 0.1) is 12.2 Å². The molecule has 0 unspecified atom stereocenters. The van der Waals surface area contributed by atoms with Crippen molar-refractivity contribution in [1.82, 2.24) is 0 Å². The summed E-state index contributed by atoms with van der Waals surface area (Å²) in [5.41, 5.74) is 0.247. The van der Waals surface area contributed by atoms with Gasteiger partial charge in [0, 0.05) is 16.1 Å². The minimum absolute atomic E-state index is 0.0306. The maximum Gasteiger partial charge on any atom is 0.339 e. The largest absolute Gasteiger partial charge is 0.462 e. The molecule has 18 heavy (non-hydrogen) atoms. The number of thiophene rings is 1. The molecule has 1 fully saturated rings. The van der Waals surface area contributed by atoms with Crippen LogP contribution in [0.1, 0.15) is 36.0 Å². The van der Waals surface area contributed by atoms with Crippen molar-refractivity contribution in [3.63, 3.8) is 0 Å². The molecule has 0 aliphatic heterocycles. The molecular weight excluding hydrogens is 296 g/mol. The molecule has 0 spiro atoms. The Balaban J connectivity index is 1.94. The van der Waals surface area contributed by atoms with Crippen molar-refractivity contribution in [2.75, 3.05) is 6.61 Å². The minimum atomic E-state index is -3.76. The first-order valence-corrected chi connectivity index (χ1v) is 8.86. The SMILES string of the molecule is O=C(OCC1CCCC1)c1csc(S(=O)(=O)Cl)c1. The first kappa shape index (κ1) is 13.8. The molecule has 0 aromatic carbocycles. The normalized spacial score (nSPS) is 16.9. The second-order valence-electron chi connectivity index (χ2n) is 4.34. The molecule has 7 heteroatoms. The topological polar surface area (TPSA) is 60.4 Å². The molecule has 1 saturated carbocycles. The van der Waals surface area contributed by atoms with Crippen LogP contribution in [0.15, 0.2) is 15.7 Å². The van der Waals surface area contributed by atoms with Crippen molar-refractivity contribution in [1.29, 1.82) is 0 Å². The van der Waals surface area contributed by atoms with E-state index < -0.39 is 15.0 Å². The summed E-state index contributed by atoms with van der Waals surface area (Å²) in [7, 11) is 1.42. The molecule has 1 aliphatic rings. The Kier molecular flexibility index (Phi) is 4.29. The molecule has 0 bridgehead atoms. The van der Waals surface area contributed by atoms with E-state index in [2.05, 4.69) is 0 Å².